The maximum Gasteiger partial charge on any atom is 0.159 e. The highest BCUT2D eigenvalue weighted by atomic mass is 35.5. The van der Waals surface area contributed by atoms with Crippen LogP contribution >= 0.6 is 11.6 Å². The predicted octanol–water partition coefficient (Wildman–Crippen LogP) is 9.29. The van der Waals surface area contributed by atoms with Crippen LogP contribution in [0.2, 0.25) is 5.02 Å². The van der Waals surface area contributed by atoms with Gasteiger partial charge in [0.05, 0.1) is 0 Å². The lowest BCUT2D eigenvalue weighted by molar-refractivity contribution is 0.101. The fraction of sp³-hybridized carbons (Fsp3) is 0.323. The van der Waals surface area contributed by atoms with Crippen molar-refractivity contribution in [3.8, 4) is 5.75 Å². The molecule has 1 N–H and O–H groups in total. The lowest BCUT2D eigenvalue weighted by atomic mass is 9.86. The highest BCUT2D eigenvalue weighted by Crippen LogP contribution is 2.42. The summed E-state index contributed by atoms with van der Waals surface area (Å²) in [5, 5.41) is 11.2. The third-order valence-corrected chi connectivity index (χ3v) is 5.82. The van der Waals surface area contributed by atoms with E-state index in [0.29, 0.717) is 5.02 Å². The Kier molecular flexibility index (Phi) is 10.6. The van der Waals surface area contributed by atoms with E-state index in [1.54, 1.807) is 13.0 Å². The van der Waals surface area contributed by atoms with Gasteiger partial charge in [-0.1, -0.05) is 87.7 Å². The quantitative estimate of drug-likeness (QED) is 0.382. The summed E-state index contributed by atoms with van der Waals surface area (Å²) in [5.41, 5.74) is 8.39. The molecular formula is C31H37ClO2. The Bertz CT molecular complexity index is 1140. The van der Waals surface area contributed by atoms with E-state index in [1.165, 1.54) is 17.5 Å². The Hall–Kier alpha value is -2.84. The number of halogens is 1. The maximum atomic E-state index is 11.9. The van der Waals surface area contributed by atoms with Gasteiger partial charge in [-0.25, -0.2) is 0 Å². The van der Waals surface area contributed by atoms with Crippen LogP contribution in [0.5, 0.6) is 5.75 Å². The second kappa shape index (κ2) is 13.2. The van der Waals surface area contributed by atoms with E-state index in [1.807, 2.05) is 38.1 Å². The number of carbonyl (C=O) groups excluding carboxylic acids is 1. The van der Waals surface area contributed by atoms with Gasteiger partial charge in [-0.15, -0.1) is 0 Å². The van der Waals surface area contributed by atoms with Gasteiger partial charge < -0.3 is 5.11 Å². The number of hydrogen-bond acceptors (Lipinski definition) is 2. The first-order valence-corrected chi connectivity index (χ1v) is 12.7. The average molecular weight is 477 g/mol. The molecule has 0 atom stereocenters. The zero-order valence-electron chi connectivity index (χ0n) is 21.3. The van der Waals surface area contributed by atoms with E-state index < -0.39 is 0 Å². The van der Waals surface area contributed by atoms with Gasteiger partial charge in [-0.2, -0.15) is 0 Å². The minimum absolute atomic E-state index is 0.0773. The molecule has 3 aromatic carbocycles. The number of hydrogen-bond donors (Lipinski definition) is 1. The average Bonchev–Trinajstić information content (AvgIpc) is 3.00. The lowest BCUT2D eigenvalue weighted by Gasteiger charge is -2.18. The summed E-state index contributed by atoms with van der Waals surface area (Å²) >= 11 is 6.08. The molecule has 0 unspecified atom stereocenters. The molecule has 0 fully saturated rings. The van der Waals surface area contributed by atoms with Crippen molar-refractivity contribution in [2.24, 2.45) is 0 Å². The number of allylic oxidation sites excluding steroid dienone is 1. The first-order valence-electron chi connectivity index (χ1n) is 12.3. The number of phenols is 1. The Labute approximate surface area is 210 Å². The molecule has 34 heavy (non-hydrogen) atoms. The maximum absolute atomic E-state index is 11.9. The van der Waals surface area contributed by atoms with Gasteiger partial charge >= 0.3 is 0 Å². The summed E-state index contributed by atoms with van der Waals surface area (Å²) in [6, 6.07) is 19.8. The summed E-state index contributed by atoms with van der Waals surface area (Å²) in [5.74, 6) is 0.273. The van der Waals surface area contributed by atoms with Gasteiger partial charge in [0.25, 0.3) is 0 Å². The number of carbonyl (C=O) groups is 1. The molecule has 0 saturated heterocycles. The Morgan fingerprint density at radius 3 is 2.12 bits per heavy atom. The van der Waals surface area contributed by atoms with Crippen molar-refractivity contribution in [1.29, 1.82) is 0 Å². The second-order valence-electron chi connectivity index (χ2n) is 8.37. The van der Waals surface area contributed by atoms with Gasteiger partial charge in [0.15, 0.2) is 5.78 Å². The van der Waals surface area contributed by atoms with Crippen molar-refractivity contribution < 1.29 is 9.90 Å². The summed E-state index contributed by atoms with van der Waals surface area (Å²) in [4.78, 5) is 11.9. The van der Waals surface area contributed by atoms with E-state index in [4.69, 9.17) is 11.6 Å². The van der Waals surface area contributed by atoms with Gasteiger partial charge in [0, 0.05) is 16.1 Å². The zero-order valence-corrected chi connectivity index (χ0v) is 22.1. The van der Waals surface area contributed by atoms with E-state index in [9.17, 15) is 9.90 Å². The largest absolute Gasteiger partial charge is 0.507 e. The molecule has 0 spiro atoms. The highest BCUT2D eigenvalue weighted by Gasteiger charge is 2.22. The molecule has 2 nitrogen and oxygen atoms in total. The molecular weight excluding hydrogens is 440 g/mol. The van der Waals surface area contributed by atoms with Crippen molar-refractivity contribution in [2.45, 2.75) is 67.2 Å². The summed E-state index contributed by atoms with van der Waals surface area (Å²) in [6.45, 7) is 11.9. The topological polar surface area (TPSA) is 37.3 Å². The molecule has 1 aliphatic carbocycles. The van der Waals surface area contributed by atoms with E-state index in [0.717, 1.165) is 52.7 Å². The van der Waals surface area contributed by atoms with Crippen LogP contribution in [0.4, 0.5) is 0 Å². The fourth-order valence-corrected chi connectivity index (χ4v) is 4.25. The van der Waals surface area contributed by atoms with Gasteiger partial charge in [0.1, 0.15) is 5.75 Å². The van der Waals surface area contributed by atoms with Crippen molar-refractivity contribution in [2.75, 3.05) is 0 Å². The van der Waals surface area contributed by atoms with Crippen LogP contribution in [0, 0.1) is 6.92 Å². The molecule has 0 bridgehead atoms. The molecule has 0 aromatic heterocycles. The van der Waals surface area contributed by atoms with E-state index in [2.05, 4.69) is 51.1 Å². The molecule has 0 aliphatic heterocycles. The SMILES string of the molecule is CC.CC(=O)c1ccc2c(c1)CCCC(c1ccc(Cl)cc1O)=C2c1ccc(C)cc1.CCC. The van der Waals surface area contributed by atoms with Crippen LogP contribution < -0.4 is 0 Å². The number of phenolic OH excluding ortho intramolecular Hbond substituents is 1. The molecule has 0 radical (unpaired) electrons. The number of aryl methyl sites for hydroxylation is 2. The summed E-state index contributed by atoms with van der Waals surface area (Å²) < 4.78 is 0. The van der Waals surface area contributed by atoms with Crippen LogP contribution in [0.15, 0.2) is 60.7 Å². The molecule has 0 heterocycles. The standard InChI is InChI=1S/C26H23ClO2.C3H8.C2H6/c1-16-6-8-18(9-7-16)26-22-12-10-19(17(2)28)14-20(22)4-3-5-24(26)23-13-11-21(27)15-25(23)29;1-3-2;1-2/h6-15,29H,3-5H2,1-2H3;3H2,1-2H3;1-2H3. The molecule has 1 aliphatic rings. The normalized spacial score (nSPS) is 12.4. The second-order valence-corrected chi connectivity index (χ2v) is 8.81. The van der Waals surface area contributed by atoms with Crippen molar-refractivity contribution in [3.63, 3.8) is 0 Å². The minimum atomic E-state index is 0.0773. The molecule has 3 heteroatoms. The Balaban J connectivity index is 0.000000758. The predicted molar refractivity (Wildman–Crippen MR) is 147 cm³/mol. The van der Waals surface area contributed by atoms with Crippen LogP contribution in [0.3, 0.4) is 0 Å². The van der Waals surface area contributed by atoms with E-state index in [-0.39, 0.29) is 11.5 Å². The Morgan fingerprint density at radius 1 is 0.912 bits per heavy atom. The molecule has 0 amide bonds. The summed E-state index contributed by atoms with van der Waals surface area (Å²) in [7, 11) is 0. The summed E-state index contributed by atoms with van der Waals surface area (Å²) in [6.07, 6.45) is 3.92. The minimum Gasteiger partial charge on any atom is -0.507 e. The number of benzene rings is 3. The van der Waals surface area contributed by atoms with Crippen LogP contribution in [0.25, 0.3) is 11.1 Å². The van der Waals surface area contributed by atoms with Gasteiger partial charge in [0.2, 0.25) is 0 Å². The van der Waals surface area contributed by atoms with Gasteiger partial charge in [-0.05, 0) is 85.2 Å². The van der Waals surface area contributed by atoms with Gasteiger partial charge in [-0.3, -0.25) is 4.79 Å². The monoisotopic (exact) mass is 476 g/mol. The first-order chi connectivity index (χ1) is 16.3. The highest BCUT2D eigenvalue weighted by molar-refractivity contribution is 6.30. The number of Topliss-reactive ketones (excluding diaryl/α,β-unsaturated/α-hetero) is 1. The smallest absolute Gasteiger partial charge is 0.159 e. The van der Waals surface area contributed by atoms with Crippen molar-refractivity contribution in [3.05, 3.63) is 99.1 Å². The lowest BCUT2D eigenvalue weighted by Crippen LogP contribution is -2.00. The third kappa shape index (κ3) is 6.61. The van der Waals surface area contributed by atoms with Crippen LogP contribution in [0.1, 0.15) is 92.1 Å². The zero-order chi connectivity index (χ0) is 25.3. The van der Waals surface area contributed by atoms with E-state index >= 15 is 0 Å². The van der Waals surface area contributed by atoms with Crippen molar-refractivity contribution in [1.82, 2.24) is 0 Å². The van der Waals surface area contributed by atoms with Crippen LogP contribution in [-0.2, 0) is 6.42 Å². The molecule has 0 saturated carbocycles. The van der Waals surface area contributed by atoms with Crippen molar-refractivity contribution >= 4 is 28.5 Å². The number of fused-ring (bicyclic) bond motifs is 1. The molecule has 3 aromatic rings. The molecule has 180 valence electrons. The first kappa shape index (κ1) is 27.4. The number of aromatic hydroxyl groups is 1. The molecule has 4 rings (SSSR count). The third-order valence-electron chi connectivity index (χ3n) is 5.58. The number of ketones is 1. The van der Waals surface area contributed by atoms with Crippen LogP contribution in [-0.4, -0.2) is 10.9 Å². The number of rotatable bonds is 3. The fourth-order valence-electron chi connectivity index (χ4n) is 4.09. The Morgan fingerprint density at radius 2 is 1.53 bits per heavy atom.